The van der Waals surface area contributed by atoms with Crippen molar-refractivity contribution in [1.29, 1.82) is 0 Å². The van der Waals surface area contributed by atoms with Crippen molar-refractivity contribution in [3.63, 3.8) is 0 Å². The SMILES string of the molecule is CC=CC(C)C(C)(C)O. The maximum absolute atomic E-state index is 9.37. The lowest BCUT2D eigenvalue weighted by molar-refractivity contribution is 0.0440. The molecule has 1 nitrogen and oxygen atoms in total. The molecule has 0 aliphatic heterocycles. The highest BCUT2D eigenvalue weighted by Gasteiger charge is 2.18. The highest BCUT2D eigenvalue weighted by molar-refractivity contribution is 4.91. The van der Waals surface area contributed by atoms with Crippen molar-refractivity contribution >= 4 is 0 Å². The number of rotatable bonds is 2. The normalized spacial score (nSPS) is 16.6. The van der Waals surface area contributed by atoms with Gasteiger partial charge in [-0.1, -0.05) is 19.1 Å². The minimum Gasteiger partial charge on any atom is -0.390 e. The first-order chi connectivity index (χ1) is 3.98. The summed E-state index contributed by atoms with van der Waals surface area (Å²) in [4.78, 5) is 0. The van der Waals surface area contributed by atoms with Gasteiger partial charge < -0.3 is 5.11 Å². The molecule has 0 heterocycles. The quantitative estimate of drug-likeness (QED) is 0.564. The van der Waals surface area contributed by atoms with Crippen LogP contribution >= 0.6 is 0 Å². The Kier molecular flexibility index (Phi) is 2.92. The van der Waals surface area contributed by atoms with E-state index in [4.69, 9.17) is 0 Å². The van der Waals surface area contributed by atoms with Crippen LogP contribution in [-0.2, 0) is 0 Å². The molecule has 1 unspecified atom stereocenters. The van der Waals surface area contributed by atoms with Gasteiger partial charge in [0.15, 0.2) is 0 Å². The second-order valence-electron chi connectivity index (χ2n) is 2.97. The molecule has 0 aromatic carbocycles. The summed E-state index contributed by atoms with van der Waals surface area (Å²) in [6, 6.07) is 0. The van der Waals surface area contributed by atoms with Gasteiger partial charge in [0, 0.05) is 5.92 Å². The summed E-state index contributed by atoms with van der Waals surface area (Å²) < 4.78 is 0. The Morgan fingerprint density at radius 3 is 2.00 bits per heavy atom. The van der Waals surface area contributed by atoms with E-state index in [2.05, 4.69) is 0 Å². The molecule has 1 N–H and O–H groups in total. The number of aliphatic hydroxyl groups is 1. The fourth-order valence-electron chi connectivity index (χ4n) is 0.524. The maximum atomic E-state index is 9.37. The van der Waals surface area contributed by atoms with Crippen LogP contribution in [0.15, 0.2) is 12.2 Å². The fraction of sp³-hybridized carbons (Fsp3) is 0.750. The molecular weight excluding hydrogens is 112 g/mol. The number of allylic oxidation sites excluding steroid dienone is 1. The second kappa shape index (κ2) is 3.02. The van der Waals surface area contributed by atoms with Gasteiger partial charge in [-0.25, -0.2) is 0 Å². The monoisotopic (exact) mass is 128 g/mol. The van der Waals surface area contributed by atoms with Crippen LogP contribution in [0, 0.1) is 5.92 Å². The van der Waals surface area contributed by atoms with Crippen molar-refractivity contribution < 1.29 is 5.11 Å². The maximum Gasteiger partial charge on any atom is 0.0651 e. The lowest BCUT2D eigenvalue weighted by Crippen LogP contribution is -2.26. The highest BCUT2D eigenvalue weighted by atomic mass is 16.3. The third-order valence-corrected chi connectivity index (χ3v) is 1.60. The Morgan fingerprint density at radius 1 is 1.44 bits per heavy atom. The van der Waals surface area contributed by atoms with Gasteiger partial charge in [0.2, 0.25) is 0 Å². The standard InChI is InChI=1S/C8H16O/c1-5-6-7(2)8(3,4)9/h5-7,9H,1-4H3. The molecule has 0 aliphatic rings. The first-order valence-corrected chi connectivity index (χ1v) is 3.33. The third kappa shape index (κ3) is 3.31. The molecule has 0 spiro atoms. The molecule has 9 heavy (non-hydrogen) atoms. The Hall–Kier alpha value is -0.300. The second-order valence-corrected chi connectivity index (χ2v) is 2.97. The summed E-state index contributed by atoms with van der Waals surface area (Å²) in [7, 11) is 0. The molecule has 0 radical (unpaired) electrons. The van der Waals surface area contributed by atoms with Crippen LogP contribution in [0.4, 0.5) is 0 Å². The van der Waals surface area contributed by atoms with Gasteiger partial charge in [-0.15, -0.1) is 0 Å². The lowest BCUT2D eigenvalue weighted by atomic mass is 9.93. The van der Waals surface area contributed by atoms with Gasteiger partial charge >= 0.3 is 0 Å². The molecule has 0 saturated heterocycles. The smallest absolute Gasteiger partial charge is 0.0651 e. The van der Waals surface area contributed by atoms with Gasteiger partial charge in [0.05, 0.1) is 5.60 Å². The summed E-state index contributed by atoms with van der Waals surface area (Å²) in [5, 5.41) is 9.37. The predicted molar refractivity (Wildman–Crippen MR) is 40.3 cm³/mol. The Morgan fingerprint density at radius 2 is 1.89 bits per heavy atom. The van der Waals surface area contributed by atoms with Crippen LogP contribution in [0.5, 0.6) is 0 Å². The van der Waals surface area contributed by atoms with Crippen molar-refractivity contribution in [3.8, 4) is 0 Å². The van der Waals surface area contributed by atoms with Gasteiger partial charge in [0.25, 0.3) is 0 Å². The average Bonchev–Trinajstić information content (AvgIpc) is 1.64. The van der Waals surface area contributed by atoms with E-state index in [0.29, 0.717) is 0 Å². The molecule has 1 atom stereocenters. The van der Waals surface area contributed by atoms with Crippen molar-refractivity contribution in [2.24, 2.45) is 5.92 Å². The number of hydrogen-bond donors (Lipinski definition) is 1. The minimum absolute atomic E-state index is 0.238. The van der Waals surface area contributed by atoms with E-state index < -0.39 is 5.60 Å². The summed E-state index contributed by atoms with van der Waals surface area (Å²) >= 11 is 0. The van der Waals surface area contributed by atoms with E-state index in [9.17, 15) is 5.11 Å². The van der Waals surface area contributed by atoms with E-state index in [0.717, 1.165) is 0 Å². The van der Waals surface area contributed by atoms with E-state index in [1.165, 1.54) is 0 Å². The van der Waals surface area contributed by atoms with Gasteiger partial charge in [-0.3, -0.25) is 0 Å². The molecule has 0 aliphatic carbocycles. The van der Waals surface area contributed by atoms with Crippen molar-refractivity contribution in [2.75, 3.05) is 0 Å². The number of hydrogen-bond acceptors (Lipinski definition) is 1. The molecule has 0 aromatic rings. The van der Waals surface area contributed by atoms with Crippen LogP contribution in [0.1, 0.15) is 27.7 Å². The minimum atomic E-state index is -0.577. The fourth-order valence-corrected chi connectivity index (χ4v) is 0.524. The summed E-state index contributed by atoms with van der Waals surface area (Å²) in [6.45, 7) is 7.59. The van der Waals surface area contributed by atoms with E-state index in [1.54, 1.807) is 0 Å². The van der Waals surface area contributed by atoms with Gasteiger partial charge in [-0.05, 0) is 20.8 Å². The molecule has 1 heteroatoms. The van der Waals surface area contributed by atoms with Crippen LogP contribution in [0.25, 0.3) is 0 Å². The zero-order valence-electron chi connectivity index (χ0n) is 6.68. The largest absolute Gasteiger partial charge is 0.390 e. The Labute approximate surface area is 57.4 Å². The van der Waals surface area contributed by atoms with E-state index in [1.807, 2.05) is 39.8 Å². The molecule has 0 aromatic heterocycles. The lowest BCUT2D eigenvalue weighted by Gasteiger charge is -2.22. The molecule has 0 fully saturated rings. The molecule has 0 rings (SSSR count). The zero-order valence-corrected chi connectivity index (χ0v) is 6.68. The molecule has 0 bridgehead atoms. The summed E-state index contributed by atoms with van der Waals surface area (Å²) in [6.07, 6.45) is 3.96. The van der Waals surface area contributed by atoms with E-state index in [-0.39, 0.29) is 5.92 Å². The van der Waals surface area contributed by atoms with Gasteiger partial charge in [-0.2, -0.15) is 0 Å². The van der Waals surface area contributed by atoms with Crippen molar-refractivity contribution in [1.82, 2.24) is 0 Å². The van der Waals surface area contributed by atoms with Crippen LogP contribution in [-0.4, -0.2) is 10.7 Å². The van der Waals surface area contributed by atoms with Crippen LogP contribution < -0.4 is 0 Å². The van der Waals surface area contributed by atoms with Crippen molar-refractivity contribution in [2.45, 2.75) is 33.3 Å². The highest BCUT2D eigenvalue weighted by Crippen LogP contribution is 2.16. The molecular formula is C8H16O. The average molecular weight is 128 g/mol. The zero-order chi connectivity index (χ0) is 7.49. The Balaban J connectivity index is 3.88. The molecule has 0 amide bonds. The first-order valence-electron chi connectivity index (χ1n) is 3.33. The molecule has 54 valence electrons. The van der Waals surface area contributed by atoms with Crippen LogP contribution in [0.2, 0.25) is 0 Å². The summed E-state index contributed by atoms with van der Waals surface area (Å²) in [5.74, 6) is 0.238. The molecule has 0 saturated carbocycles. The predicted octanol–water partition coefficient (Wildman–Crippen LogP) is 1.97. The first kappa shape index (κ1) is 8.70. The van der Waals surface area contributed by atoms with Crippen LogP contribution in [0.3, 0.4) is 0 Å². The topological polar surface area (TPSA) is 20.2 Å². The van der Waals surface area contributed by atoms with E-state index >= 15 is 0 Å². The Bertz CT molecular complexity index is 97.6. The van der Waals surface area contributed by atoms with Gasteiger partial charge in [0.1, 0.15) is 0 Å². The summed E-state index contributed by atoms with van der Waals surface area (Å²) in [5.41, 5.74) is -0.577. The van der Waals surface area contributed by atoms with Crippen molar-refractivity contribution in [3.05, 3.63) is 12.2 Å². The third-order valence-electron chi connectivity index (χ3n) is 1.60.